The Kier molecular flexibility index (Phi) is 12.6. The summed E-state index contributed by atoms with van der Waals surface area (Å²) in [6.45, 7) is 0.883. The van der Waals surface area contributed by atoms with Crippen molar-refractivity contribution in [1.29, 1.82) is 0 Å². The van der Waals surface area contributed by atoms with Crippen LogP contribution in [-0.2, 0) is 14.3 Å². The Morgan fingerprint density at radius 1 is 1.29 bits per heavy atom. The van der Waals surface area contributed by atoms with Crippen LogP contribution >= 0.6 is 9.24 Å². The number of rotatable bonds is 4. The highest BCUT2D eigenvalue weighted by Gasteiger charge is 2.42. The average molecular weight is 316 g/mol. The van der Waals surface area contributed by atoms with Crippen LogP contribution in [0.15, 0.2) is 0 Å². The first-order chi connectivity index (χ1) is 6.82. The Morgan fingerprint density at radius 2 is 1.76 bits per heavy atom. The predicted molar refractivity (Wildman–Crippen MR) is 49.0 cm³/mol. The molecular formula is C7H11Cl2F3NO3P-2. The van der Waals surface area contributed by atoms with Gasteiger partial charge in [-0.1, -0.05) is 0 Å². The number of ether oxygens (including phenoxy) is 1. The van der Waals surface area contributed by atoms with Gasteiger partial charge < -0.3 is 34.5 Å². The molecule has 10 heteroatoms. The molecule has 4 nitrogen and oxygen atoms in total. The van der Waals surface area contributed by atoms with Gasteiger partial charge in [-0.25, -0.2) is 0 Å². The third kappa shape index (κ3) is 8.46. The highest BCUT2D eigenvalue weighted by atomic mass is 35.5. The monoisotopic (exact) mass is 315 g/mol. The second-order valence-electron chi connectivity index (χ2n) is 2.49. The zero-order chi connectivity index (χ0) is 12.1. The summed E-state index contributed by atoms with van der Waals surface area (Å²) in [7, 11) is 1.94. The molecule has 0 aliphatic carbocycles. The first-order valence-electron chi connectivity index (χ1n) is 4.04. The van der Waals surface area contributed by atoms with Gasteiger partial charge in [-0.05, 0) is 6.92 Å². The van der Waals surface area contributed by atoms with Crippen molar-refractivity contribution in [2.24, 2.45) is 0 Å². The van der Waals surface area contributed by atoms with Crippen molar-refractivity contribution in [3.63, 3.8) is 0 Å². The first-order valence-corrected chi connectivity index (χ1v) is 4.86. The van der Waals surface area contributed by atoms with Gasteiger partial charge in [0.25, 0.3) is 0 Å². The predicted octanol–water partition coefficient (Wildman–Crippen LogP) is -5.22. The van der Waals surface area contributed by atoms with E-state index in [9.17, 15) is 22.8 Å². The molecule has 0 aliphatic rings. The SMILES string of the molecule is CCOC(=O)CN(CP)C(=O)C(F)(F)F.[Cl-].[Cl-]. The first kappa shape index (κ1) is 22.0. The molecule has 0 rings (SSSR count). The smallest absolute Gasteiger partial charge is 0.471 e. The van der Waals surface area contributed by atoms with Gasteiger partial charge in [0.05, 0.1) is 6.61 Å². The summed E-state index contributed by atoms with van der Waals surface area (Å²) in [5.41, 5.74) is 0. The van der Waals surface area contributed by atoms with Crippen molar-refractivity contribution in [1.82, 2.24) is 4.90 Å². The van der Waals surface area contributed by atoms with Gasteiger partial charge in [0.1, 0.15) is 6.54 Å². The van der Waals surface area contributed by atoms with Crippen molar-refractivity contribution in [3.05, 3.63) is 0 Å². The number of carbonyl (C=O) groups excluding carboxylic acids is 2. The van der Waals surface area contributed by atoms with Crippen LogP contribution in [0.5, 0.6) is 0 Å². The van der Waals surface area contributed by atoms with Crippen molar-refractivity contribution < 1.29 is 52.3 Å². The summed E-state index contributed by atoms with van der Waals surface area (Å²) in [6.07, 6.45) is -5.25. The number of hydrogen-bond donors (Lipinski definition) is 0. The van der Waals surface area contributed by atoms with Crippen LogP contribution < -0.4 is 24.8 Å². The summed E-state index contributed by atoms with van der Waals surface area (Å²) in [6, 6.07) is 0. The fourth-order valence-corrected chi connectivity index (χ4v) is 1.06. The quantitative estimate of drug-likeness (QED) is 0.385. The van der Waals surface area contributed by atoms with Crippen LogP contribution in [0.3, 0.4) is 0 Å². The van der Waals surface area contributed by atoms with Gasteiger partial charge in [-0.15, -0.1) is 9.24 Å². The molecule has 17 heavy (non-hydrogen) atoms. The molecule has 0 aliphatic heterocycles. The van der Waals surface area contributed by atoms with E-state index in [0.717, 1.165) is 0 Å². The average Bonchev–Trinajstić information content (AvgIpc) is 2.12. The minimum atomic E-state index is -4.97. The molecule has 0 radical (unpaired) electrons. The highest BCUT2D eigenvalue weighted by molar-refractivity contribution is 7.16. The lowest BCUT2D eigenvalue weighted by Crippen LogP contribution is -3.00. The minimum Gasteiger partial charge on any atom is -1.00 e. The molecule has 0 aromatic rings. The summed E-state index contributed by atoms with van der Waals surface area (Å²) in [5.74, 6) is -2.91. The summed E-state index contributed by atoms with van der Waals surface area (Å²) in [5, 5.41) is 0. The molecule has 0 fully saturated rings. The number of halogens is 5. The van der Waals surface area contributed by atoms with Crippen molar-refractivity contribution in [3.8, 4) is 0 Å². The fraction of sp³-hybridized carbons (Fsp3) is 0.714. The van der Waals surface area contributed by atoms with Crippen LogP contribution in [0.4, 0.5) is 13.2 Å². The van der Waals surface area contributed by atoms with E-state index in [1.54, 1.807) is 0 Å². The van der Waals surface area contributed by atoms with Gasteiger partial charge >= 0.3 is 18.1 Å². The number of amides is 1. The summed E-state index contributed by atoms with van der Waals surface area (Å²) in [4.78, 5) is 21.9. The number of carbonyl (C=O) groups is 2. The Balaban J connectivity index is -0.000000980. The molecule has 104 valence electrons. The van der Waals surface area contributed by atoms with Gasteiger partial charge in [0.15, 0.2) is 0 Å². The van der Waals surface area contributed by atoms with Gasteiger partial charge in [-0.3, -0.25) is 9.59 Å². The molecule has 0 aromatic carbocycles. The molecule has 1 amide bonds. The van der Waals surface area contributed by atoms with Crippen LogP contribution in [0.2, 0.25) is 0 Å². The summed E-state index contributed by atoms with van der Waals surface area (Å²) < 4.78 is 40.3. The van der Waals surface area contributed by atoms with E-state index in [1.165, 1.54) is 6.92 Å². The van der Waals surface area contributed by atoms with Crippen molar-refractivity contribution >= 4 is 21.1 Å². The number of nitrogens with zero attached hydrogens (tertiary/aromatic N) is 1. The molecule has 0 heterocycles. The maximum atomic E-state index is 12.0. The second-order valence-corrected chi connectivity index (χ2v) is 2.85. The topological polar surface area (TPSA) is 46.6 Å². The molecule has 1 unspecified atom stereocenters. The zero-order valence-electron chi connectivity index (χ0n) is 8.76. The van der Waals surface area contributed by atoms with E-state index in [1.807, 2.05) is 9.24 Å². The third-order valence-electron chi connectivity index (χ3n) is 1.38. The van der Waals surface area contributed by atoms with E-state index >= 15 is 0 Å². The molecule has 1 atom stereocenters. The molecular weight excluding hydrogens is 305 g/mol. The van der Waals surface area contributed by atoms with Gasteiger partial charge in [-0.2, -0.15) is 13.2 Å². The lowest BCUT2D eigenvalue weighted by Gasteiger charge is -2.20. The Labute approximate surface area is 111 Å². The Hall–Kier alpha value is -0.260. The van der Waals surface area contributed by atoms with E-state index < -0.39 is 24.6 Å². The molecule has 0 N–H and O–H groups in total. The molecule has 0 bridgehead atoms. The van der Waals surface area contributed by atoms with Crippen molar-refractivity contribution in [2.45, 2.75) is 13.1 Å². The second kappa shape index (κ2) is 9.74. The van der Waals surface area contributed by atoms with Crippen LogP contribution in [-0.4, -0.2) is 42.4 Å². The molecule has 0 aromatic heterocycles. The minimum absolute atomic E-state index is 0. The molecule has 0 saturated heterocycles. The largest absolute Gasteiger partial charge is 1.00 e. The number of alkyl halides is 3. The third-order valence-corrected chi connectivity index (χ3v) is 1.82. The maximum Gasteiger partial charge on any atom is 0.471 e. The number of esters is 1. The molecule has 0 saturated carbocycles. The normalized spacial score (nSPS) is 9.71. The van der Waals surface area contributed by atoms with E-state index in [-0.39, 0.29) is 37.7 Å². The zero-order valence-corrected chi connectivity index (χ0v) is 11.4. The Bertz CT molecular complexity index is 253. The van der Waals surface area contributed by atoms with Crippen LogP contribution in [0.1, 0.15) is 6.92 Å². The number of hydrogen-bond acceptors (Lipinski definition) is 3. The Morgan fingerprint density at radius 3 is 2.06 bits per heavy atom. The van der Waals surface area contributed by atoms with Gasteiger partial charge in [0, 0.05) is 6.29 Å². The maximum absolute atomic E-state index is 12.0. The van der Waals surface area contributed by atoms with E-state index in [2.05, 4.69) is 4.74 Å². The van der Waals surface area contributed by atoms with Crippen LogP contribution in [0, 0.1) is 0 Å². The van der Waals surface area contributed by atoms with Crippen LogP contribution in [0.25, 0.3) is 0 Å². The lowest BCUT2D eigenvalue weighted by molar-refractivity contribution is -0.185. The lowest BCUT2D eigenvalue weighted by atomic mass is 10.5. The fourth-order valence-electron chi connectivity index (χ4n) is 0.761. The van der Waals surface area contributed by atoms with Crippen molar-refractivity contribution in [2.75, 3.05) is 19.4 Å². The van der Waals surface area contributed by atoms with E-state index in [0.29, 0.717) is 4.90 Å². The van der Waals surface area contributed by atoms with E-state index in [4.69, 9.17) is 0 Å². The standard InChI is InChI=1S/C7H11F3NO3P.2ClH/c1-2-14-5(12)3-11(4-15)6(13)7(8,9)10;;/h2-4,15H2,1H3;2*1H/p-2. The molecule has 0 spiro atoms. The van der Waals surface area contributed by atoms with Gasteiger partial charge in [0.2, 0.25) is 0 Å². The summed E-state index contributed by atoms with van der Waals surface area (Å²) >= 11 is 0. The highest BCUT2D eigenvalue weighted by Crippen LogP contribution is 2.18.